The quantitative estimate of drug-likeness (QED) is 0.658. The molecule has 0 aliphatic carbocycles. The molecule has 0 spiro atoms. The number of aliphatic hydroxyl groups is 1. The van der Waals surface area contributed by atoms with Crippen LogP contribution in [0.5, 0.6) is 0 Å². The molecule has 0 saturated carbocycles. The third-order valence-corrected chi connectivity index (χ3v) is 5.21. The molecule has 3 heterocycles. The number of aromatic nitrogens is 4. The lowest BCUT2D eigenvalue weighted by molar-refractivity contribution is 0.0270. The Labute approximate surface area is 189 Å². The van der Waals surface area contributed by atoms with E-state index in [4.69, 9.17) is 9.72 Å². The fraction of sp³-hybridized carbons (Fsp3) is 0.565. The predicted octanol–water partition coefficient (Wildman–Crippen LogP) is 3.61. The number of imidazole rings is 1. The zero-order valence-electron chi connectivity index (χ0n) is 19.8. The number of hydrogen-bond acceptors (Lipinski definition) is 7. The van der Waals surface area contributed by atoms with E-state index in [9.17, 15) is 9.90 Å². The number of nitrogens with one attached hydrogen (secondary N) is 1. The zero-order chi connectivity index (χ0) is 23.5. The van der Waals surface area contributed by atoms with Crippen LogP contribution in [0.15, 0.2) is 24.6 Å². The van der Waals surface area contributed by atoms with Crippen molar-refractivity contribution in [2.75, 3.05) is 18.4 Å². The summed E-state index contributed by atoms with van der Waals surface area (Å²) in [7, 11) is 0. The highest BCUT2D eigenvalue weighted by molar-refractivity contribution is 5.87. The van der Waals surface area contributed by atoms with Crippen molar-refractivity contribution in [3.8, 4) is 0 Å². The van der Waals surface area contributed by atoms with E-state index in [1.807, 2.05) is 33.8 Å². The molecule has 0 bridgehead atoms. The summed E-state index contributed by atoms with van der Waals surface area (Å²) in [5, 5.41) is 13.9. The third-order valence-electron chi connectivity index (χ3n) is 5.21. The maximum absolute atomic E-state index is 12.4. The van der Waals surface area contributed by atoms with Crippen molar-refractivity contribution in [2.45, 2.75) is 72.3 Å². The third kappa shape index (κ3) is 5.09. The van der Waals surface area contributed by atoms with E-state index in [-0.39, 0.29) is 6.54 Å². The normalized spacial score (nSPS) is 19.8. The van der Waals surface area contributed by atoms with Gasteiger partial charge in [0, 0.05) is 18.7 Å². The lowest BCUT2D eigenvalue weighted by Gasteiger charge is -2.24. The van der Waals surface area contributed by atoms with Crippen LogP contribution >= 0.6 is 0 Å². The Bertz CT molecular complexity index is 1020. The monoisotopic (exact) mass is 442 g/mol. The average Bonchev–Trinajstić information content (AvgIpc) is 3.28. The van der Waals surface area contributed by atoms with E-state index in [0.29, 0.717) is 24.4 Å². The molecule has 174 valence electrons. The Kier molecular flexibility index (Phi) is 7.18. The second-order valence-electron chi connectivity index (χ2n) is 8.83. The maximum Gasteiger partial charge on any atom is 0.410 e. The van der Waals surface area contributed by atoms with Crippen LogP contribution in [0.3, 0.4) is 0 Å². The van der Waals surface area contributed by atoms with Crippen molar-refractivity contribution in [3.05, 3.63) is 30.4 Å². The first-order valence-electron chi connectivity index (χ1n) is 11.1. The van der Waals surface area contributed by atoms with E-state index < -0.39 is 23.8 Å². The SMILES string of the molecule is CC=C(C=CCC)c1nc2c(NC3CN(C(=O)OC(C)(C)C)CC3O)ncnc2n1CC. The van der Waals surface area contributed by atoms with Gasteiger partial charge in [-0.3, -0.25) is 0 Å². The molecule has 3 rings (SSSR count). The number of amides is 1. The molecule has 9 nitrogen and oxygen atoms in total. The van der Waals surface area contributed by atoms with Gasteiger partial charge < -0.3 is 24.6 Å². The number of rotatable bonds is 6. The summed E-state index contributed by atoms with van der Waals surface area (Å²) >= 11 is 0. The molecule has 1 saturated heterocycles. The van der Waals surface area contributed by atoms with Gasteiger partial charge in [0.25, 0.3) is 0 Å². The fourth-order valence-electron chi connectivity index (χ4n) is 3.69. The van der Waals surface area contributed by atoms with E-state index in [2.05, 4.69) is 45.9 Å². The number of aryl methyl sites for hydroxylation is 1. The minimum absolute atomic E-state index is 0.194. The Morgan fingerprint density at radius 2 is 2.06 bits per heavy atom. The van der Waals surface area contributed by atoms with Gasteiger partial charge in [0.1, 0.15) is 17.8 Å². The van der Waals surface area contributed by atoms with Gasteiger partial charge >= 0.3 is 6.09 Å². The molecule has 2 atom stereocenters. The predicted molar refractivity (Wildman–Crippen MR) is 125 cm³/mol. The van der Waals surface area contributed by atoms with Crippen LogP contribution in [-0.2, 0) is 11.3 Å². The summed E-state index contributed by atoms with van der Waals surface area (Å²) in [5.74, 6) is 1.36. The van der Waals surface area contributed by atoms with Crippen molar-refractivity contribution >= 4 is 28.6 Å². The molecule has 0 radical (unpaired) electrons. The van der Waals surface area contributed by atoms with Gasteiger partial charge in [-0.2, -0.15) is 0 Å². The first-order valence-corrected chi connectivity index (χ1v) is 11.1. The largest absolute Gasteiger partial charge is 0.444 e. The summed E-state index contributed by atoms with van der Waals surface area (Å²) in [6.07, 6.45) is 7.42. The van der Waals surface area contributed by atoms with Gasteiger partial charge in [-0.1, -0.05) is 25.2 Å². The molecule has 9 heteroatoms. The minimum atomic E-state index is -0.751. The first-order chi connectivity index (χ1) is 15.2. The maximum atomic E-state index is 12.4. The van der Waals surface area contributed by atoms with Gasteiger partial charge in [-0.25, -0.2) is 19.7 Å². The van der Waals surface area contributed by atoms with E-state index >= 15 is 0 Å². The van der Waals surface area contributed by atoms with Crippen molar-refractivity contribution in [1.29, 1.82) is 0 Å². The number of anilines is 1. The summed E-state index contributed by atoms with van der Waals surface area (Å²) < 4.78 is 7.49. The molecule has 1 aliphatic rings. The number of carbonyl (C=O) groups is 1. The second kappa shape index (κ2) is 9.68. The van der Waals surface area contributed by atoms with Gasteiger partial charge in [0.05, 0.1) is 18.7 Å². The lowest BCUT2D eigenvalue weighted by atomic mass is 10.2. The van der Waals surface area contributed by atoms with Gasteiger partial charge in [-0.05, 0) is 41.0 Å². The number of allylic oxidation sites excluding steroid dienone is 4. The first kappa shape index (κ1) is 23.7. The van der Waals surface area contributed by atoms with E-state index in [1.54, 1.807) is 0 Å². The Morgan fingerprint density at radius 3 is 2.69 bits per heavy atom. The molecular weight excluding hydrogens is 408 g/mol. The van der Waals surface area contributed by atoms with Gasteiger partial charge in [-0.15, -0.1) is 0 Å². The molecule has 1 aliphatic heterocycles. The van der Waals surface area contributed by atoms with Crippen LogP contribution in [-0.4, -0.2) is 66.5 Å². The standard InChI is InChI=1S/C23H34N6O3/c1-7-10-11-15(8-2)20-27-18-19(24-14-25-21(18)29(20)9-3)26-16-12-28(13-17(16)30)22(31)32-23(4,5)6/h8,10-11,14,16-17,30H,7,9,12-13H2,1-6H3,(H,24,25,26). The van der Waals surface area contributed by atoms with Crippen molar-refractivity contribution in [1.82, 2.24) is 24.4 Å². The molecule has 32 heavy (non-hydrogen) atoms. The van der Waals surface area contributed by atoms with Crippen LogP contribution in [0, 0.1) is 0 Å². The number of hydrogen-bond donors (Lipinski definition) is 2. The van der Waals surface area contributed by atoms with Gasteiger partial charge in [0.2, 0.25) is 0 Å². The summed E-state index contributed by atoms with van der Waals surface area (Å²) in [4.78, 5) is 27.6. The molecule has 2 aromatic rings. The minimum Gasteiger partial charge on any atom is -0.444 e. The molecule has 1 fully saturated rings. The topological polar surface area (TPSA) is 105 Å². The summed E-state index contributed by atoms with van der Waals surface area (Å²) in [6.45, 7) is 12.8. The smallest absolute Gasteiger partial charge is 0.410 e. The van der Waals surface area contributed by atoms with Gasteiger partial charge in [0.15, 0.2) is 17.0 Å². The van der Waals surface area contributed by atoms with Crippen LogP contribution in [0.25, 0.3) is 16.7 Å². The summed E-state index contributed by atoms with van der Waals surface area (Å²) in [5.41, 5.74) is 1.78. The molecule has 0 aromatic carbocycles. The van der Waals surface area contributed by atoms with Crippen molar-refractivity contribution in [3.63, 3.8) is 0 Å². The van der Waals surface area contributed by atoms with E-state index in [1.165, 1.54) is 11.2 Å². The van der Waals surface area contributed by atoms with Crippen LogP contribution in [0.4, 0.5) is 10.6 Å². The number of nitrogens with zero attached hydrogens (tertiary/aromatic N) is 5. The number of carbonyl (C=O) groups excluding carboxylic acids is 1. The molecule has 2 unspecified atom stereocenters. The number of ether oxygens (including phenoxy) is 1. The van der Waals surface area contributed by atoms with E-state index in [0.717, 1.165) is 23.5 Å². The Morgan fingerprint density at radius 1 is 1.31 bits per heavy atom. The van der Waals surface area contributed by atoms with Crippen molar-refractivity contribution in [2.24, 2.45) is 0 Å². The highest BCUT2D eigenvalue weighted by Gasteiger charge is 2.36. The Balaban J connectivity index is 1.88. The van der Waals surface area contributed by atoms with Crippen molar-refractivity contribution < 1.29 is 14.6 Å². The van der Waals surface area contributed by atoms with Crippen LogP contribution < -0.4 is 5.32 Å². The summed E-state index contributed by atoms with van der Waals surface area (Å²) in [6, 6.07) is -0.392. The lowest BCUT2D eigenvalue weighted by Crippen LogP contribution is -2.36. The molecule has 2 N–H and O–H groups in total. The average molecular weight is 443 g/mol. The van der Waals surface area contributed by atoms with Crippen LogP contribution in [0.2, 0.25) is 0 Å². The highest BCUT2D eigenvalue weighted by atomic mass is 16.6. The molecule has 2 aromatic heterocycles. The number of aliphatic hydroxyl groups excluding tert-OH is 1. The number of fused-ring (bicyclic) bond motifs is 1. The Hall–Kier alpha value is -2.94. The number of β-amino-alcohol motifs (C(OH)–C–C–N with tert-alkyl or cyclic N) is 1. The second-order valence-corrected chi connectivity index (χ2v) is 8.83. The molecular formula is C23H34N6O3. The molecule has 1 amide bonds. The fourth-order valence-corrected chi connectivity index (χ4v) is 3.69. The zero-order valence-corrected chi connectivity index (χ0v) is 19.8. The number of likely N-dealkylation sites (tertiary alicyclic amines) is 1. The van der Waals surface area contributed by atoms with Crippen LogP contribution in [0.1, 0.15) is 53.8 Å². The highest BCUT2D eigenvalue weighted by Crippen LogP contribution is 2.27.